The van der Waals surface area contributed by atoms with Crippen molar-refractivity contribution in [3.63, 3.8) is 0 Å². The molecule has 25 heavy (non-hydrogen) atoms. The number of likely N-dealkylation sites (tertiary alicyclic amines) is 1. The molecule has 132 valence electrons. The minimum Gasteiger partial charge on any atom is -0.351 e. The summed E-state index contributed by atoms with van der Waals surface area (Å²) in [7, 11) is 3.57. The molecule has 2 aliphatic heterocycles. The summed E-state index contributed by atoms with van der Waals surface area (Å²) in [6.45, 7) is 3.85. The first-order valence-electron chi connectivity index (χ1n) is 8.38. The molecule has 2 aliphatic rings. The topological polar surface area (TPSA) is 86.9 Å². The molecular weight excluding hydrogens is 322 g/mol. The van der Waals surface area contributed by atoms with Crippen molar-refractivity contribution in [1.29, 1.82) is 0 Å². The van der Waals surface area contributed by atoms with Crippen LogP contribution in [0.4, 0.5) is 5.82 Å². The molecule has 2 aromatic rings. The quantitative estimate of drug-likeness (QED) is 0.751. The number of hydrogen-bond donors (Lipinski definition) is 0. The number of rotatable bonds is 3. The summed E-state index contributed by atoms with van der Waals surface area (Å²) in [4.78, 5) is 29.8. The molecule has 4 heterocycles. The zero-order valence-corrected chi connectivity index (χ0v) is 14.6. The number of nitrogens with zero attached hydrogens (tertiary/aromatic N) is 7. The van der Waals surface area contributed by atoms with Crippen molar-refractivity contribution < 1.29 is 9.59 Å². The molecule has 0 spiro atoms. The minimum absolute atomic E-state index is 0.0452. The molecule has 0 bridgehead atoms. The highest BCUT2D eigenvalue weighted by Crippen LogP contribution is 2.25. The lowest BCUT2D eigenvalue weighted by atomic mass is 10.0. The van der Waals surface area contributed by atoms with Crippen molar-refractivity contribution in [1.82, 2.24) is 29.6 Å². The average molecular weight is 343 g/mol. The number of fused-ring (bicyclic) bond motifs is 1. The van der Waals surface area contributed by atoms with E-state index < -0.39 is 0 Å². The first kappa shape index (κ1) is 15.8. The average Bonchev–Trinajstić information content (AvgIpc) is 3.08. The molecular formula is C16H21N7O2. The molecule has 0 aromatic carbocycles. The van der Waals surface area contributed by atoms with Crippen LogP contribution in [0, 0.1) is 12.8 Å². The third-order valence-corrected chi connectivity index (χ3v) is 5.18. The molecule has 0 N–H and O–H groups in total. The van der Waals surface area contributed by atoms with Gasteiger partial charge in [0.25, 0.3) is 0 Å². The van der Waals surface area contributed by atoms with E-state index in [1.165, 1.54) is 0 Å². The van der Waals surface area contributed by atoms with E-state index >= 15 is 0 Å². The Morgan fingerprint density at radius 2 is 2.00 bits per heavy atom. The van der Waals surface area contributed by atoms with Crippen LogP contribution in [0.3, 0.4) is 0 Å². The third-order valence-electron chi connectivity index (χ3n) is 5.18. The summed E-state index contributed by atoms with van der Waals surface area (Å²) in [5.41, 5.74) is 0.723. The maximum atomic E-state index is 12.6. The fourth-order valence-corrected chi connectivity index (χ4v) is 3.44. The van der Waals surface area contributed by atoms with Gasteiger partial charge in [-0.2, -0.15) is 4.52 Å². The van der Waals surface area contributed by atoms with Gasteiger partial charge >= 0.3 is 0 Å². The van der Waals surface area contributed by atoms with Gasteiger partial charge in [0.2, 0.25) is 11.8 Å². The lowest BCUT2D eigenvalue weighted by Gasteiger charge is -2.45. The number of amides is 2. The van der Waals surface area contributed by atoms with Crippen LogP contribution in [0.25, 0.3) is 5.65 Å². The standard InChI is InChI=1S/C16H21N7O2/c1-10-17-18-13-4-5-14(19-23(10)13)22-8-12(9-22)21(3)16(25)11-6-15(24)20(2)7-11/h4-5,11-12H,6-9H2,1-3H3. The largest absolute Gasteiger partial charge is 0.351 e. The maximum Gasteiger partial charge on any atom is 0.228 e. The zero-order chi connectivity index (χ0) is 17.7. The van der Waals surface area contributed by atoms with Crippen LogP contribution in [-0.4, -0.2) is 81.2 Å². The van der Waals surface area contributed by atoms with E-state index in [0.29, 0.717) is 13.0 Å². The number of carbonyl (C=O) groups is 2. The second-order valence-electron chi connectivity index (χ2n) is 6.89. The van der Waals surface area contributed by atoms with Crippen molar-refractivity contribution in [2.45, 2.75) is 19.4 Å². The van der Waals surface area contributed by atoms with E-state index in [1.54, 1.807) is 21.4 Å². The van der Waals surface area contributed by atoms with Gasteiger partial charge in [0.1, 0.15) is 5.82 Å². The Balaban J connectivity index is 1.39. The van der Waals surface area contributed by atoms with Gasteiger partial charge in [-0.05, 0) is 19.1 Å². The van der Waals surface area contributed by atoms with E-state index in [-0.39, 0.29) is 23.8 Å². The van der Waals surface area contributed by atoms with Gasteiger partial charge in [0, 0.05) is 40.2 Å². The van der Waals surface area contributed by atoms with Crippen LogP contribution >= 0.6 is 0 Å². The van der Waals surface area contributed by atoms with Crippen LogP contribution in [0.2, 0.25) is 0 Å². The fourth-order valence-electron chi connectivity index (χ4n) is 3.44. The highest BCUT2D eigenvalue weighted by atomic mass is 16.2. The highest BCUT2D eigenvalue weighted by molar-refractivity contribution is 5.89. The van der Waals surface area contributed by atoms with Crippen molar-refractivity contribution in [3.05, 3.63) is 18.0 Å². The maximum absolute atomic E-state index is 12.6. The van der Waals surface area contributed by atoms with Crippen LogP contribution < -0.4 is 4.90 Å². The summed E-state index contributed by atoms with van der Waals surface area (Å²) in [6, 6.07) is 3.96. The Labute approximate surface area is 145 Å². The number of anilines is 1. The summed E-state index contributed by atoms with van der Waals surface area (Å²) >= 11 is 0. The van der Waals surface area contributed by atoms with Crippen molar-refractivity contribution in [3.8, 4) is 0 Å². The Morgan fingerprint density at radius 3 is 2.68 bits per heavy atom. The summed E-state index contributed by atoms with van der Waals surface area (Å²) in [5, 5.41) is 12.6. The molecule has 9 nitrogen and oxygen atoms in total. The molecule has 0 aliphatic carbocycles. The van der Waals surface area contributed by atoms with Crippen LogP contribution in [-0.2, 0) is 9.59 Å². The fraction of sp³-hybridized carbons (Fsp3) is 0.562. The van der Waals surface area contributed by atoms with Gasteiger partial charge < -0.3 is 14.7 Å². The van der Waals surface area contributed by atoms with Crippen LogP contribution in [0.5, 0.6) is 0 Å². The van der Waals surface area contributed by atoms with E-state index in [0.717, 1.165) is 30.4 Å². The number of hydrogen-bond acceptors (Lipinski definition) is 6. The van der Waals surface area contributed by atoms with Crippen molar-refractivity contribution >= 4 is 23.3 Å². The monoisotopic (exact) mass is 343 g/mol. The lowest BCUT2D eigenvalue weighted by molar-refractivity contribution is -0.137. The first-order valence-corrected chi connectivity index (χ1v) is 8.38. The molecule has 0 radical (unpaired) electrons. The lowest BCUT2D eigenvalue weighted by Crippen LogP contribution is -2.61. The van der Waals surface area contributed by atoms with Gasteiger partial charge in [-0.25, -0.2) is 0 Å². The predicted octanol–water partition coefficient (Wildman–Crippen LogP) is -0.442. The van der Waals surface area contributed by atoms with Gasteiger partial charge in [0.05, 0.1) is 12.0 Å². The predicted molar refractivity (Wildman–Crippen MR) is 90.0 cm³/mol. The van der Waals surface area contributed by atoms with Gasteiger partial charge in [-0.15, -0.1) is 15.3 Å². The molecule has 2 amide bonds. The van der Waals surface area contributed by atoms with E-state index in [9.17, 15) is 9.59 Å². The molecule has 2 fully saturated rings. The molecule has 1 unspecified atom stereocenters. The normalized spacial score (nSPS) is 21.1. The van der Waals surface area contributed by atoms with E-state index in [1.807, 2.05) is 26.1 Å². The Hall–Kier alpha value is -2.71. The Kier molecular flexibility index (Phi) is 3.59. The van der Waals surface area contributed by atoms with Gasteiger partial charge in [-0.3, -0.25) is 9.59 Å². The molecule has 4 rings (SSSR count). The number of carbonyl (C=O) groups excluding carboxylic acids is 2. The Morgan fingerprint density at radius 1 is 1.24 bits per heavy atom. The van der Waals surface area contributed by atoms with E-state index in [2.05, 4.69) is 20.2 Å². The number of aromatic nitrogens is 4. The van der Waals surface area contributed by atoms with Crippen molar-refractivity contribution in [2.75, 3.05) is 38.6 Å². The van der Waals surface area contributed by atoms with Gasteiger partial charge in [-0.1, -0.05) is 0 Å². The molecule has 9 heteroatoms. The SMILES string of the molecule is Cc1nnc2ccc(N3CC(N(C)C(=O)C4CC(=O)N(C)C4)C3)nn12. The van der Waals surface area contributed by atoms with Crippen LogP contribution in [0.15, 0.2) is 12.1 Å². The van der Waals surface area contributed by atoms with Gasteiger partial charge in [0.15, 0.2) is 11.5 Å². The Bertz CT molecular complexity index is 842. The minimum atomic E-state index is -0.217. The third kappa shape index (κ3) is 2.59. The second kappa shape index (κ2) is 5.68. The van der Waals surface area contributed by atoms with E-state index in [4.69, 9.17) is 0 Å². The molecule has 1 atom stereocenters. The highest BCUT2D eigenvalue weighted by Gasteiger charge is 2.39. The van der Waals surface area contributed by atoms with Crippen LogP contribution in [0.1, 0.15) is 12.2 Å². The number of aryl methyl sites for hydroxylation is 1. The molecule has 0 saturated carbocycles. The zero-order valence-electron chi connectivity index (χ0n) is 14.6. The molecule has 2 aromatic heterocycles. The summed E-state index contributed by atoms with van der Waals surface area (Å²) in [6.07, 6.45) is 0.321. The summed E-state index contributed by atoms with van der Waals surface area (Å²) < 4.78 is 1.72. The second-order valence-corrected chi connectivity index (χ2v) is 6.89. The van der Waals surface area contributed by atoms with Crippen molar-refractivity contribution in [2.24, 2.45) is 5.92 Å². The summed E-state index contributed by atoms with van der Waals surface area (Å²) in [5.74, 6) is 1.48. The smallest absolute Gasteiger partial charge is 0.228 e. The molecule has 2 saturated heterocycles. The first-order chi connectivity index (χ1) is 11.9. The number of likely N-dealkylation sites (N-methyl/N-ethyl adjacent to an activating group) is 1.